The lowest BCUT2D eigenvalue weighted by atomic mass is 10.0. The molecule has 0 N–H and O–H groups in total. The second-order valence-corrected chi connectivity index (χ2v) is 18.4. The fourth-order valence-corrected chi connectivity index (χ4v) is 7.32. The van der Waals surface area contributed by atoms with Gasteiger partial charge in [-0.3, -0.25) is 14.4 Å². The Morgan fingerprint density at radius 1 is 0.274 bits per heavy atom. The summed E-state index contributed by atoms with van der Waals surface area (Å²) in [4.78, 5) is 38.0. The number of esters is 3. The Labute approximate surface area is 448 Å². The zero-order chi connectivity index (χ0) is 52.9. The Hall–Kier alpha value is -4.97. The molecule has 1 unspecified atom stereocenters. The molecule has 408 valence electrons. The van der Waals surface area contributed by atoms with E-state index in [0.717, 1.165) is 103 Å². The summed E-state index contributed by atoms with van der Waals surface area (Å²) in [6.07, 6.45) is 87.1. The molecule has 6 heteroatoms. The average Bonchev–Trinajstić information content (AvgIpc) is 3.39. The summed E-state index contributed by atoms with van der Waals surface area (Å²) >= 11 is 0. The molecule has 0 aromatic rings. The summed E-state index contributed by atoms with van der Waals surface area (Å²) < 4.78 is 16.7. The number of unbranched alkanes of at least 4 members (excludes halogenated alkanes) is 13. The number of hydrogen-bond acceptors (Lipinski definition) is 6. The fourth-order valence-electron chi connectivity index (χ4n) is 7.32. The van der Waals surface area contributed by atoms with Gasteiger partial charge in [0.2, 0.25) is 0 Å². The van der Waals surface area contributed by atoms with E-state index in [1.54, 1.807) is 0 Å². The van der Waals surface area contributed by atoms with Gasteiger partial charge in [0.05, 0.1) is 0 Å². The monoisotopic (exact) mass is 1000 g/mol. The quantitative estimate of drug-likeness (QED) is 0.0261. The third kappa shape index (κ3) is 57.8. The zero-order valence-corrected chi connectivity index (χ0v) is 46.6. The Morgan fingerprint density at radius 2 is 0.521 bits per heavy atom. The van der Waals surface area contributed by atoms with E-state index in [-0.39, 0.29) is 38.0 Å². The highest BCUT2D eigenvalue weighted by atomic mass is 16.6. The average molecular weight is 1010 g/mol. The number of allylic oxidation sites excluding steroid dienone is 26. The van der Waals surface area contributed by atoms with Crippen LogP contribution in [-0.4, -0.2) is 37.2 Å². The van der Waals surface area contributed by atoms with Crippen LogP contribution in [0.15, 0.2) is 158 Å². The number of ether oxygens (including phenoxy) is 3. The van der Waals surface area contributed by atoms with E-state index >= 15 is 0 Å². The molecule has 73 heavy (non-hydrogen) atoms. The molecule has 0 radical (unpaired) electrons. The van der Waals surface area contributed by atoms with Crippen LogP contribution in [0.1, 0.15) is 226 Å². The standard InChI is InChI=1S/C67H104O6/c1-4-7-10-13-16-19-22-25-26-27-28-29-30-31-32-33-34-35-36-37-38-39-40-43-45-48-51-54-57-60-66(69)72-63-64(73-67(70)61-58-55-52-49-46-42-24-21-18-15-12-9-6-3)62-71-65(68)59-56-53-50-47-44-41-23-20-17-14-11-8-5-2/h7-12,16-21,25-26,28-29,31-32,41-42,44,46,50,52-53,55,64H,4-6,13-15,22-24,27,30,33-40,43,45,47-49,51,54,56-63H2,1-3H3/b10-7-,11-8-,12-9-,19-16-,20-17-,21-18-,26-25-,29-28-,32-31-,44-41-,46-42-,53-50-,55-52-. The molecule has 6 nitrogen and oxygen atoms in total. The molecule has 0 spiro atoms. The van der Waals surface area contributed by atoms with Gasteiger partial charge in [-0.25, -0.2) is 0 Å². The van der Waals surface area contributed by atoms with Crippen LogP contribution < -0.4 is 0 Å². The summed E-state index contributed by atoms with van der Waals surface area (Å²) in [7, 11) is 0. The van der Waals surface area contributed by atoms with E-state index in [4.69, 9.17) is 14.2 Å². The van der Waals surface area contributed by atoms with Gasteiger partial charge in [0.1, 0.15) is 13.2 Å². The fraction of sp³-hybridized carbons (Fsp3) is 0.567. The summed E-state index contributed by atoms with van der Waals surface area (Å²) in [6.45, 7) is 6.15. The van der Waals surface area contributed by atoms with Crippen molar-refractivity contribution in [1.29, 1.82) is 0 Å². The maximum atomic E-state index is 12.8. The second-order valence-electron chi connectivity index (χ2n) is 18.4. The van der Waals surface area contributed by atoms with Gasteiger partial charge in [-0.1, -0.05) is 249 Å². The highest BCUT2D eigenvalue weighted by Gasteiger charge is 2.19. The van der Waals surface area contributed by atoms with Crippen molar-refractivity contribution in [3.8, 4) is 0 Å². The molecule has 0 amide bonds. The predicted molar refractivity (Wildman–Crippen MR) is 315 cm³/mol. The van der Waals surface area contributed by atoms with Gasteiger partial charge < -0.3 is 14.2 Å². The van der Waals surface area contributed by atoms with E-state index in [0.29, 0.717) is 19.3 Å². The lowest BCUT2D eigenvalue weighted by molar-refractivity contribution is -0.166. The van der Waals surface area contributed by atoms with E-state index in [9.17, 15) is 14.4 Å². The molecule has 1 atom stereocenters. The van der Waals surface area contributed by atoms with Crippen LogP contribution in [-0.2, 0) is 28.6 Å². The Bertz CT molecular complexity index is 1670. The lowest BCUT2D eigenvalue weighted by Gasteiger charge is -2.18. The minimum atomic E-state index is -0.851. The van der Waals surface area contributed by atoms with Gasteiger partial charge in [0, 0.05) is 19.3 Å². The van der Waals surface area contributed by atoms with Crippen LogP contribution in [0.2, 0.25) is 0 Å². The zero-order valence-electron chi connectivity index (χ0n) is 46.6. The van der Waals surface area contributed by atoms with Crippen molar-refractivity contribution < 1.29 is 28.6 Å². The van der Waals surface area contributed by atoms with E-state index in [2.05, 4.69) is 154 Å². The third-order valence-electron chi connectivity index (χ3n) is 11.5. The summed E-state index contributed by atoms with van der Waals surface area (Å²) in [5.74, 6) is -1.11. The normalized spacial score (nSPS) is 13.3. The van der Waals surface area contributed by atoms with E-state index in [1.807, 2.05) is 24.3 Å². The molecule has 0 saturated heterocycles. The molecule has 0 aliphatic heterocycles. The molecule has 0 aromatic carbocycles. The summed E-state index contributed by atoms with van der Waals surface area (Å²) in [5.41, 5.74) is 0. The number of carbonyl (C=O) groups is 3. The molecule has 0 bridgehead atoms. The smallest absolute Gasteiger partial charge is 0.306 e. The topological polar surface area (TPSA) is 78.9 Å². The summed E-state index contributed by atoms with van der Waals surface area (Å²) in [5, 5.41) is 0. The van der Waals surface area contributed by atoms with Gasteiger partial charge in [-0.05, 0) is 116 Å². The number of hydrogen-bond donors (Lipinski definition) is 0. The van der Waals surface area contributed by atoms with E-state index in [1.165, 1.54) is 70.6 Å². The molecule has 0 heterocycles. The number of rotatable bonds is 50. The molecular weight excluding hydrogens is 901 g/mol. The Kier molecular flexibility index (Phi) is 55.5. The first-order valence-electron chi connectivity index (χ1n) is 29.0. The maximum Gasteiger partial charge on any atom is 0.306 e. The molecule has 0 aliphatic rings. The minimum absolute atomic E-state index is 0.135. The van der Waals surface area contributed by atoms with Crippen LogP contribution >= 0.6 is 0 Å². The highest BCUT2D eigenvalue weighted by Crippen LogP contribution is 2.14. The van der Waals surface area contributed by atoms with Gasteiger partial charge in [-0.15, -0.1) is 0 Å². The van der Waals surface area contributed by atoms with E-state index < -0.39 is 12.1 Å². The van der Waals surface area contributed by atoms with Crippen LogP contribution in [0.4, 0.5) is 0 Å². The largest absolute Gasteiger partial charge is 0.462 e. The molecule has 0 rings (SSSR count). The highest BCUT2D eigenvalue weighted by molar-refractivity contribution is 5.71. The van der Waals surface area contributed by atoms with Crippen LogP contribution in [0.25, 0.3) is 0 Å². The van der Waals surface area contributed by atoms with Crippen LogP contribution in [0, 0.1) is 0 Å². The van der Waals surface area contributed by atoms with Gasteiger partial charge >= 0.3 is 17.9 Å². The first kappa shape index (κ1) is 68.0. The van der Waals surface area contributed by atoms with Crippen molar-refractivity contribution >= 4 is 17.9 Å². The van der Waals surface area contributed by atoms with Crippen LogP contribution in [0.3, 0.4) is 0 Å². The molecule has 0 aromatic heterocycles. The van der Waals surface area contributed by atoms with Gasteiger partial charge in [-0.2, -0.15) is 0 Å². The van der Waals surface area contributed by atoms with Crippen LogP contribution in [0.5, 0.6) is 0 Å². The SMILES string of the molecule is CC/C=C\C/C=C\C/C=C\C/C=C\C/C=C\CCCCCCCCCCCCCCCC(=O)OCC(COC(=O)CC/C=C\C/C=C\C/C=C\C/C=C\CC)OC(=O)CC/C=C\C/C=C\C/C=C\C/C=C\CC. The van der Waals surface area contributed by atoms with Gasteiger partial charge in [0.25, 0.3) is 0 Å². The van der Waals surface area contributed by atoms with Crippen molar-refractivity contribution in [2.45, 2.75) is 232 Å². The number of carbonyl (C=O) groups excluding carboxylic acids is 3. The van der Waals surface area contributed by atoms with Crippen molar-refractivity contribution in [3.63, 3.8) is 0 Å². The summed E-state index contributed by atoms with van der Waals surface area (Å²) in [6, 6.07) is 0. The second kappa shape index (κ2) is 59.6. The molecule has 0 aliphatic carbocycles. The molecule has 0 saturated carbocycles. The molecular formula is C67H104O6. The third-order valence-corrected chi connectivity index (χ3v) is 11.5. The molecule has 0 fully saturated rings. The first-order chi connectivity index (χ1) is 36.0. The first-order valence-corrected chi connectivity index (χ1v) is 29.0. The van der Waals surface area contributed by atoms with Crippen molar-refractivity contribution in [1.82, 2.24) is 0 Å². The van der Waals surface area contributed by atoms with Gasteiger partial charge in [0.15, 0.2) is 6.10 Å². The predicted octanol–water partition coefficient (Wildman–Crippen LogP) is 19.8. The van der Waals surface area contributed by atoms with Crippen molar-refractivity contribution in [3.05, 3.63) is 158 Å². The maximum absolute atomic E-state index is 12.8. The van der Waals surface area contributed by atoms with Crippen molar-refractivity contribution in [2.75, 3.05) is 13.2 Å². The Morgan fingerprint density at radius 3 is 0.849 bits per heavy atom. The minimum Gasteiger partial charge on any atom is -0.462 e. The Balaban J connectivity index is 4.33. The van der Waals surface area contributed by atoms with Crippen molar-refractivity contribution in [2.24, 2.45) is 0 Å². The lowest BCUT2D eigenvalue weighted by Crippen LogP contribution is -2.30.